The van der Waals surface area contributed by atoms with Gasteiger partial charge in [0, 0.05) is 17.3 Å². The topological polar surface area (TPSA) is 55.4 Å². The van der Waals surface area contributed by atoms with Gasteiger partial charge in [-0.1, -0.05) is 30.1 Å². The van der Waals surface area contributed by atoms with Crippen LogP contribution in [-0.4, -0.2) is 33.1 Å². The highest BCUT2D eigenvalue weighted by molar-refractivity contribution is 7.91. The summed E-state index contributed by atoms with van der Waals surface area (Å²) < 4.78 is 29.1. The molecule has 21 heavy (non-hydrogen) atoms. The molecule has 0 aliphatic heterocycles. The minimum atomic E-state index is -3.22. The highest BCUT2D eigenvalue weighted by Gasteiger charge is 2.29. The summed E-state index contributed by atoms with van der Waals surface area (Å²) in [4.78, 5) is 0. The summed E-state index contributed by atoms with van der Waals surface area (Å²) in [6.45, 7) is 6.51. The summed E-state index contributed by atoms with van der Waals surface area (Å²) in [6, 6.07) is 2.87. The van der Waals surface area contributed by atoms with Gasteiger partial charge >= 0.3 is 0 Å². The summed E-state index contributed by atoms with van der Waals surface area (Å²) in [6.07, 6.45) is 1.21. The van der Waals surface area contributed by atoms with Crippen LogP contribution in [0.25, 0.3) is 0 Å². The van der Waals surface area contributed by atoms with E-state index in [0.29, 0.717) is 34.5 Å². The van der Waals surface area contributed by atoms with Crippen LogP contribution in [0.15, 0.2) is 12.1 Å². The lowest BCUT2D eigenvalue weighted by Gasteiger charge is -2.25. The van der Waals surface area contributed by atoms with Crippen LogP contribution in [-0.2, 0) is 9.84 Å². The monoisotopic (exact) mass is 353 g/mol. The molecule has 0 radical (unpaired) electrons. The van der Waals surface area contributed by atoms with Gasteiger partial charge in [-0.3, -0.25) is 0 Å². The molecule has 120 valence electrons. The molecule has 1 aromatic rings. The van der Waals surface area contributed by atoms with E-state index in [4.69, 9.17) is 27.9 Å². The van der Waals surface area contributed by atoms with Crippen molar-refractivity contribution in [2.24, 2.45) is 0 Å². The predicted molar refractivity (Wildman–Crippen MR) is 88.4 cm³/mol. The number of nitrogens with one attached hydrogen (secondary N) is 1. The van der Waals surface area contributed by atoms with Crippen molar-refractivity contribution in [3.05, 3.63) is 27.7 Å². The Hall–Kier alpha value is -0.490. The largest absolute Gasteiger partial charge is 0.492 e. The van der Waals surface area contributed by atoms with Gasteiger partial charge in [-0.2, -0.15) is 0 Å². The van der Waals surface area contributed by atoms with Gasteiger partial charge in [-0.15, -0.1) is 0 Å². The first-order valence-electron chi connectivity index (χ1n) is 6.76. The number of rotatable bonds is 7. The molecule has 0 aromatic heterocycles. The van der Waals surface area contributed by atoms with E-state index < -0.39 is 21.1 Å². The maximum atomic E-state index is 11.8. The zero-order valence-electron chi connectivity index (χ0n) is 12.6. The molecule has 1 N–H and O–H groups in total. The van der Waals surface area contributed by atoms with Crippen LogP contribution < -0.4 is 10.1 Å². The van der Waals surface area contributed by atoms with Crippen LogP contribution in [0.5, 0.6) is 5.75 Å². The number of benzene rings is 1. The second kappa shape index (κ2) is 7.68. The average molecular weight is 354 g/mol. The Morgan fingerprint density at radius 2 is 1.86 bits per heavy atom. The fraction of sp³-hybridized carbons (Fsp3) is 0.571. The van der Waals surface area contributed by atoms with E-state index in [9.17, 15) is 8.42 Å². The Bertz CT molecular complexity index is 590. The van der Waals surface area contributed by atoms with Crippen molar-refractivity contribution in [1.29, 1.82) is 0 Å². The first kappa shape index (κ1) is 18.6. The fourth-order valence-electron chi connectivity index (χ4n) is 2.04. The lowest BCUT2D eigenvalue weighted by molar-refractivity contribution is 0.340. The summed E-state index contributed by atoms with van der Waals surface area (Å²) in [7, 11) is -3.22. The predicted octanol–water partition coefficient (Wildman–Crippen LogP) is 3.48. The van der Waals surface area contributed by atoms with Crippen molar-refractivity contribution in [2.45, 2.75) is 32.1 Å². The molecule has 2 atom stereocenters. The Balaban J connectivity index is 3.29. The van der Waals surface area contributed by atoms with Gasteiger partial charge in [0.2, 0.25) is 0 Å². The van der Waals surface area contributed by atoms with Crippen LogP contribution in [0.2, 0.25) is 10.0 Å². The molecule has 2 unspecified atom stereocenters. The molecular weight excluding hydrogens is 333 g/mol. The number of hydrogen-bond acceptors (Lipinski definition) is 4. The molecule has 0 amide bonds. The van der Waals surface area contributed by atoms with Gasteiger partial charge in [0.1, 0.15) is 5.75 Å². The lowest BCUT2D eigenvalue weighted by Crippen LogP contribution is -2.35. The van der Waals surface area contributed by atoms with Gasteiger partial charge in [-0.05, 0) is 32.0 Å². The van der Waals surface area contributed by atoms with Crippen LogP contribution in [0, 0.1) is 0 Å². The number of ether oxygens (including phenoxy) is 1. The third kappa shape index (κ3) is 4.74. The van der Waals surface area contributed by atoms with Gasteiger partial charge in [0.25, 0.3) is 0 Å². The highest BCUT2D eigenvalue weighted by atomic mass is 35.5. The van der Waals surface area contributed by atoms with Gasteiger partial charge < -0.3 is 10.1 Å². The van der Waals surface area contributed by atoms with E-state index in [2.05, 4.69) is 5.32 Å². The second-order valence-corrected chi connectivity index (χ2v) is 8.02. The van der Waals surface area contributed by atoms with Crippen molar-refractivity contribution in [2.75, 3.05) is 19.4 Å². The molecule has 0 spiro atoms. The van der Waals surface area contributed by atoms with Crippen molar-refractivity contribution >= 4 is 33.0 Å². The fourth-order valence-corrected chi connectivity index (χ4v) is 3.28. The molecule has 0 heterocycles. The van der Waals surface area contributed by atoms with E-state index in [-0.39, 0.29) is 0 Å². The Morgan fingerprint density at radius 3 is 2.33 bits per heavy atom. The van der Waals surface area contributed by atoms with E-state index in [1.165, 1.54) is 6.26 Å². The van der Waals surface area contributed by atoms with Crippen molar-refractivity contribution < 1.29 is 13.2 Å². The Kier molecular flexibility index (Phi) is 6.78. The first-order chi connectivity index (χ1) is 9.72. The maximum Gasteiger partial charge on any atom is 0.151 e. The minimum absolute atomic E-state index is 0.417. The quantitative estimate of drug-likeness (QED) is 0.815. The molecule has 0 aliphatic carbocycles. The smallest absolute Gasteiger partial charge is 0.151 e. The molecule has 0 bridgehead atoms. The number of sulfone groups is 1. The molecule has 4 nitrogen and oxygen atoms in total. The van der Waals surface area contributed by atoms with Gasteiger partial charge in [0.05, 0.1) is 22.9 Å². The highest BCUT2D eigenvalue weighted by Crippen LogP contribution is 2.36. The zero-order valence-corrected chi connectivity index (χ0v) is 14.9. The summed E-state index contributed by atoms with van der Waals surface area (Å²) in [5, 5.41) is 3.39. The molecule has 0 aliphatic rings. The number of hydrogen-bond donors (Lipinski definition) is 1. The van der Waals surface area contributed by atoms with Crippen LogP contribution >= 0.6 is 23.2 Å². The SMILES string of the molecule is CCNC(c1cc(Cl)c(OCC)cc1Cl)C(C)S(C)(=O)=O. The molecular formula is C14H21Cl2NO3S. The van der Waals surface area contributed by atoms with E-state index in [0.717, 1.165) is 0 Å². The van der Waals surface area contributed by atoms with Crippen molar-refractivity contribution in [3.8, 4) is 5.75 Å². The zero-order chi connectivity index (χ0) is 16.2. The second-order valence-electron chi connectivity index (χ2n) is 4.81. The van der Waals surface area contributed by atoms with Gasteiger partial charge in [-0.25, -0.2) is 8.42 Å². The maximum absolute atomic E-state index is 11.8. The summed E-state index contributed by atoms with van der Waals surface area (Å²) >= 11 is 12.5. The standard InChI is InChI=1S/C14H21Cl2NO3S/c1-5-17-14(9(3)21(4,18)19)10-7-12(16)13(20-6-2)8-11(10)15/h7-9,14,17H,5-6H2,1-4H3. The van der Waals surface area contributed by atoms with Crippen LogP contribution in [0.1, 0.15) is 32.4 Å². The average Bonchev–Trinajstić information content (AvgIpc) is 2.38. The van der Waals surface area contributed by atoms with E-state index >= 15 is 0 Å². The van der Waals surface area contributed by atoms with E-state index in [1.54, 1.807) is 19.1 Å². The molecule has 0 saturated carbocycles. The molecule has 0 fully saturated rings. The van der Waals surface area contributed by atoms with Gasteiger partial charge in [0.15, 0.2) is 9.84 Å². The van der Waals surface area contributed by atoms with Crippen LogP contribution in [0.4, 0.5) is 0 Å². The Morgan fingerprint density at radius 1 is 1.24 bits per heavy atom. The van der Waals surface area contributed by atoms with Crippen LogP contribution in [0.3, 0.4) is 0 Å². The van der Waals surface area contributed by atoms with Crippen molar-refractivity contribution in [3.63, 3.8) is 0 Å². The lowest BCUT2D eigenvalue weighted by atomic mass is 10.0. The molecule has 7 heteroatoms. The molecule has 1 rings (SSSR count). The Labute approximate surface area is 136 Å². The number of halogens is 2. The normalized spacial score (nSPS) is 14.8. The first-order valence-corrected chi connectivity index (χ1v) is 9.47. The molecule has 1 aromatic carbocycles. The third-order valence-electron chi connectivity index (χ3n) is 3.25. The van der Waals surface area contributed by atoms with E-state index in [1.807, 2.05) is 13.8 Å². The summed E-state index contributed by atoms with van der Waals surface area (Å²) in [5.74, 6) is 0.496. The summed E-state index contributed by atoms with van der Waals surface area (Å²) in [5.41, 5.74) is 0.657. The molecule has 0 saturated heterocycles. The third-order valence-corrected chi connectivity index (χ3v) is 5.50. The van der Waals surface area contributed by atoms with Crippen molar-refractivity contribution in [1.82, 2.24) is 5.32 Å². The minimum Gasteiger partial charge on any atom is -0.492 e.